The van der Waals surface area contributed by atoms with Gasteiger partial charge in [0, 0.05) is 65.4 Å². The van der Waals surface area contributed by atoms with Gasteiger partial charge < -0.3 is 26.2 Å². The van der Waals surface area contributed by atoms with Crippen LogP contribution in [0.3, 0.4) is 0 Å². The monoisotopic (exact) mass is 704 g/mol. The van der Waals surface area contributed by atoms with E-state index in [0.717, 1.165) is 21.7 Å². The minimum absolute atomic E-state index is 0.0447. The van der Waals surface area contributed by atoms with E-state index in [4.69, 9.17) is 10.5 Å². The smallest absolute Gasteiger partial charge is 0.255 e. The van der Waals surface area contributed by atoms with Gasteiger partial charge in [0.15, 0.2) is 0 Å². The van der Waals surface area contributed by atoms with Crippen molar-refractivity contribution in [3.8, 4) is 16.3 Å². The molecule has 5 aromatic rings. The number of thiazole rings is 1. The molecular weight excluding hydrogens is 661 g/mol. The molecular formula is C40H44N6O4S. The number of ether oxygens (including phenoxy) is 1. The first-order valence-corrected chi connectivity index (χ1v) is 17.9. The number of nitrogens with one attached hydrogen (secondary N) is 2. The van der Waals surface area contributed by atoms with Crippen molar-refractivity contribution < 1.29 is 19.4 Å². The molecule has 264 valence electrons. The second-order valence-corrected chi connectivity index (χ2v) is 14.0. The first kappa shape index (κ1) is 35.7. The molecule has 0 saturated carbocycles. The molecule has 0 bridgehead atoms. The molecule has 5 N–H and O–H groups in total. The van der Waals surface area contributed by atoms with E-state index in [2.05, 4.69) is 39.4 Å². The highest BCUT2D eigenvalue weighted by Crippen LogP contribution is 2.35. The summed E-state index contributed by atoms with van der Waals surface area (Å²) in [7, 11) is 2.05. The van der Waals surface area contributed by atoms with E-state index < -0.39 is 6.17 Å². The summed E-state index contributed by atoms with van der Waals surface area (Å²) in [6.07, 6.45) is 1.06. The van der Waals surface area contributed by atoms with Gasteiger partial charge in [-0.15, -0.1) is 11.3 Å². The zero-order chi connectivity index (χ0) is 35.9. The number of rotatable bonds is 11. The fourth-order valence-corrected chi connectivity index (χ4v) is 6.98. The number of para-hydroxylation sites is 3. The second kappa shape index (κ2) is 16.3. The van der Waals surface area contributed by atoms with E-state index in [1.807, 2.05) is 97.2 Å². The molecule has 1 aliphatic heterocycles. The van der Waals surface area contributed by atoms with Gasteiger partial charge in [-0.2, -0.15) is 0 Å². The molecule has 0 radical (unpaired) electrons. The summed E-state index contributed by atoms with van der Waals surface area (Å²) >= 11 is 1.55. The summed E-state index contributed by atoms with van der Waals surface area (Å²) in [5.74, 6) is 0.302. The molecule has 2 heterocycles. The Bertz CT molecular complexity index is 1920. The molecule has 1 aliphatic rings. The van der Waals surface area contributed by atoms with Gasteiger partial charge in [0.2, 0.25) is 0 Å². The van der Waals surface area contributed by atoms with Crippen LogP contribution in [-0.2, 0) is 6.54 Å². The number of benzene rings is 4. The zero-order valence-electron chi connectivity index (χ0n) is 29.0. The Morgan fingerprint density at radius 2 is 1.69 bits per heavy atom. The van der Waals surface area contributed by atoms with E-state index >= 15 is 0 Å². The van der Waals surface area contributed by atoms with Gasteiger partial charge in [-0.25, -0.2) is 4.98 Å². The van der Waals surface area contributed by atoms with Crippen molar-refractivity contribution >= 4 is 34.5 Å². The van der Waals surface area contributed by atoms with Gasteiger partial charge >= 0.3 is 0 Å². The van der Waals surface area contributed by atoms with E-state index in [1.54, 1.807) is 29.7 Å². The summed E-state index contributed by atoms with van der Waals surface area (Å²) in [5, 5.41) is 19.3. The maximum atomic E-state index is 13.7. The summed E-state index contributed by atoms with van der Waals surface area (Å²) in [6, 6.07) is 29.8. The molecule has 0 saturated heterocycles. The Labute approximate surface area is 302 Å². The van der Waals surface area contributed by atoms with Crippen LogP contribution in [0.15, 0.2) is 109 Å². The molecule has 4 aromatic carbocycles. The first-order valence-electron chi connectivity index (χ1n) is 17.1. The van der Waals surface area contributed by atoms with Crippen molar-refractivity contribution in [1.82, 2.24) is 20.1 Å². The number of nitrogens with zero attached hydrogens (tertiary/aromatic N) is 3. The molecule has 1 aromatic heterocycles. The Kier molecular flexibility index (Phi) is 11.4. The van der Waals surface area contributed by atoms with Gasteiger partial charge in [0.25, 0.3) is 11.8 Å². The van der Waals surface area contributed by atoms with E-state index in [-0.39, 0.29) is 36.5 Å². The molecule has 2 amide bonds. The molecule has 2 unspecified atom stereocenters. The number of fused-ring (bicyclic) bond motifs is 1. The highest BCUT2D eigenvalue weighted by molar-refractivity contribution is 7.13. The minimum Gasteiger partial charge on any atom is -0.488 e. The van der Waals surface area contributed by atoms with Crippen LogP contribution in [0.4, 0.5) is 11.4 Å². The van der Waals surface area contributed by atoms with Gasteiger partial charge in [-0.3, -0.25) is 19.4 Å². The summed E-state index contributed by atoms with van der Waals surface area (Å²) in [4.78, 5) is 35.3. The topological polar surface area (TPSA) is 133 Å². The van der Waals surface area contributed by atoms with Crippen LogP contribution >= 0.6 is 11.3 Å². The average molecular weight is 705 g/mol. The van der Waals surface area contributed by atoms with Crippen molar-refractivity contribution in [3.05, 3.63) is 131 Å². The Balaban J connectivity index is 1.15. The largest absolute Gasteiger partial charge is 0.488 e. The standard InChI is InChI=1S/C40H44N6O4S/c1-26-22-46(27(2)25-47)37(44-39(49)30-16-18-31(19-17-30)40-42-20-21-51-40)32-8-4-7-11-35(32)50-36(26)24-45(3)23-28-12-14-29(15-13-28)38(48)43-34-10-6-5-9-33(34)41/h4-21,26-27,36-37,47H,22-25,41H2,1-3H3,(H,43,48)(H,44,49)/t26-,27?,36-,37?/m1/s1. The maximum Gasteiger partial charge on any atom is 0.255 e. The lowest BCUT2D eigenvalue weighted by Crippen LogP contribution is -2.52. The summed E-state index contributed by atoms with van der Waals surface area (Å²) < 4.78 is 6.76. The van der Waals surface area contributed by atoms with Crippen molar-refractivity contribution in [3.63, 3.8) is 0 Å². The van der Waals surface area contributed by atoms with Crippen LogP contribution in [0.2, 0.25) is 0 Å². The number of hydrogen-bond donors (Lipinski definition) is 4. The van der Waals surface area contributed by atoms with E-state index in [9.17, 15) is 14.7 Å². The molecule has 0 aliphatic carbocycles. The van der Waals surface area contributed by atoms with Crippen molar-refractivity contribution in [2.75, 3.05) is 37.8 Å². The van der Waals surface area contributed by atoms with Crippen LogP contribution in [-0.4, -0.2) is 70.6 Å². The molecule has 51 heavy (non-hydrogen) atoms. The second-order valence-electron chi connectivity index (χ2n) is 13.1. The first-order chi connectivity index (χ1) is 24.7. The van der Waals surface area contributed by atoms with Crippen molar-refractivity contribution in [2.24, 2.45) is 5.92 Å². The van der Waals surface area contributed by atoms with Gasteiger partial charge in [0.1, 0.15) is 23.0 Å². The highest BCUT2D eigenvalue weighted by atomic mass is 32.1. The number of likely N-dealkylation sites (N-methyl/N-ethyl adjacent to an activating group) is 1. The quantitative estimate of drug-likeness (QED) is 0.118. The third-order valence-corrected chi connectivity index (χ3v) is 10.1. The van der Waals surface area contributed by atoms with Crippen molar-refractivity contribution in [1.29, 1.82) is 0 Å². The van der Waals surface area contributed by atoms with Gasteiger partial charge in [-0.05, 0) is 62.0 Å². The SMILES string of the molecule is CC(CO)N1C[C@@H](C)[C@@H](CN(C)Cc2ccc(C(=O)Nc3ccccc3N)cc2)Oc2ccccc2C1NC(=O)c1ccc(-c2nccs2)cc1. The predicted molar refractivity (Wildman–Crippen MR) is 203 cm³/mol. The van der Waals surface area contributed by atoms with E-state index in [0.29, 0.717) is 47.9 Å². The maximum absolute atomic E-state index is 13.7. The Morgan fingerprint density at radius 1 is 1.00 bits per heavy atom. The number of amides is 2. The lowest BCUT2D eigenvalue weighted by Gasteiger charge is -2.43. The summed E-state index contributed by atoms with van der Waals surface area (Å²) in [5.41, 5.74) is 11.0. The molecule has 0 spiro atoms. The van der Waals surface area contributed by atoms with Crippen molar-refractivity contribution in [2.45, 2.75) is 38.7 Å². The summed E-state index contributed by atoms with van der Waals surface area (Å²) in [6.45, 7) is 5.92. The number of nitrogens with two attached hydrogens (primary N) is 1. The number of hydrogen-bond acceptors (Lipinski definition) is 9. The Morgan fingerprint density at radius 3 is 2.39 bits per heavy atom. The highest BCUT2D eigenvalue weighted by Gasteiger charge is 2.35. The lowest BCUT2D eigenvalue weighted by atomic mass is 9.97. The molecule has 11 heteroatoms. The number of aliphatic hydroxyl groups is 1. The molecule has 6 rings (SSSR count). The van der Waals surface area contributed by atoms with Crippen LogP contribution in [0.1, 0.15) is 51.9 Å². The number of aliphatic hydroxyl groups excluding tert-OH is 1. The Hall–Kier alpha value is -5.07. The number of anilines is 2. The van der Waals surface area contributed by atoms with Gasteiger partial charge in [-0.1, -0.05) is 61.5 Å². The minimum atomic E-state index is -0.523. The normalized spacial score (nSPS) is 18.2. The third-order valence-electron chi connectivity index (χ3n) is 9.25. The zero-order valence-corrected chi connectivity index (χ0v) is 29.8. The van der Waals surface area contributed by atoms with E-state index in [1.165, 1.54) is 0 Å². The van der Waals surface area contributed by atoms with Crippen LogP contribution in [0, 0.1) is 5.92 Å². The number of nitrogen functional groups attached to an aromatic ring is 1. The van der Waals surface area contributed by atoms with Crippen LogP contribution in [0.5, 0.6) is 5.75 Å². The van der Waals surface area contributed by atoms with Gasteiger partial charge in [0.05, 0.1) is 18.0 Å². The van der Waals surface area contributed by atoms with Crippen LogP contribution in [0.25, 0.3) is 10.6 Å². The predicted octanol–water partition coefficient (Wildman–Crippen LogP) is 6.29. The van der Waals surface area contributed by atoms with Crippen LogP contribution < -0.4 is 21.1 Å². The fraction of sp³-hybridized carbons (Fsp3) is 0.275. The number of carbonyl (C=O) groups excluding carboxylic acids is 2. The molecule has 4 atom stereocenters. The molecule has 10 nitrogen and oxygen atoms in total. The fourth-order valence-electron chi connectivity index (χ4n) is 6.33. The number of aromatic nitrogens is 1. The average Bonchev–Trinajstić information content (AvgIpc) is 3.69. The molecule has 0 fully saturated rings. The third kappa shape index (κ3) is 8.63. The lowest BCUT2D eigenvalue weighted by molar-refractivity contribution is 0.0114. The number of carbonyl (C=O) groups is 2.